The fourth-order valence-corrected chi connectivity index (χ4v) is 4.46. The van der Waals surface area contributed by atoms with Crippen LogP contribution in [-0.2, 0) is 16.8 Å². The molecule has 2 N–H and O–H groups in total. The molecule has 1 fully saturated rings. The summed E-state index contributed by atoms with van der Waals surface area (Å²) in [5.41, 5.74) is 3.12. The lowest BCUT2D eigenvalue weighted by Gasteiger charge is -2.24. The van der Waals surface area contributed by atoms with Crippen molar-refractivity contribution in [1.82, 2.24) is 25.1 Å². The van der Waals surface area contributed by atoms with E-state index in [0.717, 1.165) is 53.7 Å². The van der Waals surface area contributed by atoms with Crippen molar-refractivity contribution < 1.29 is 14.3 Å². The maximum absolute atomic E-state index is 12.6. The number of piperidine rings is 1. The first-order valence-corrected chi connectivity index (χ1v) is 13.0. The molecule has 0 bridgehead atoms. The third kappa shape index (κ3) is 6.11. The maximum atomic E-state index is 12.6. The average Bonchev–Trinajstić information content (AvgIpc) is 3.36. The summed E-state index contributed by atoms with van der Waals surface area (Å²) in [6.07, 6.45) is 7.42. The Morgan fingerprint density at radius 2 is 1.95 bits per heavy atom. The summed E-state index contributed by atoms with van der Waals surface area (Å²) < 4.78 is 14.3. The van der Waals surface area contributed by atoms with Crippen molar-refractivity contribution in [2.45, 2.75) is 58.6 Å². The van der Waals surface area contributed by atoms with Gasteiger partial charge >= 0.3 is 0 Å². The van der Waals surface area contributed by atoms with Crippen molar-refractivity contribution in [2.24, 2.45) is 0 Å². The van der Waals surface area contributed by atoms with Crippen LogP contribution in [0.5, 0.6) is 17.4 Å². The molecule has 0 radical (unpaired) electrons. The third-order valence-electron chi connectivity index (χ3n) is 6.52. The molecule has 0 atom stereocenters. The van der Waals surface area contributed by atoms with E-state index in [0.29, 0.717) is 17.3 Å². The van der Waals surface area contributed by atoms with Crippen LogP contribution in [0.3, 0.4) is 0 Å². The van der Waals surface area contributed by atoms with Crippen LogP contribution >= 0.6 is 0 Å². The van der Waals surface area contributed by atoms with Crippen LogP contribution in [0.2, 0.25) is 0 Å². The Morgan fingerprint density at radius 3 is 2.68 bits per heavy atom. The molecule has 9 nitrogen and oxygen atoms in total. The molecular formula is C29H34N6O3. The van der Waals surface area contributed by atoms with Crippen LogP contribution in [0.15, 0.2) is 55.1 Å². The topological polar surface area (TPSA) is 103 Å². The quantitative estimate of drug-likeness (QED) is 0.358. The summed E-state index contributed by atoms with van der Waals surface area (Å²) in [5, 5.41) is 11.4. The molecule has 0 spiro atoms. The zero-order chi connectivity index (χ0) is 26.7. The van der Waals surface area contributed by atoms with Gasteiger partial charge in [-0.3, -0.25) is 9.48 Å². The number of fused-ring (bicyclic) bond motifs is 1. The van der Waals surface area contributed by atoms with Gasteiger partial charge in [0.2, 0.25) is 11.8 Å². The first-order valence-electron chi connectivity index (χ1n) is 13.0. The van der Waals surface area contributed by atoms with Gasteiger partial charge in [0.15, 0.2) is 0 Å². The van der Waals surface area contributed by atoms with Gasteiger partial charge < -0.3 is 20.1 Å². The zero-order valence-electron chi connectivity index (χ0n) is 22.3. The van der Waals surface area contributed by atoms with E-state index in [1.807, 2.05) is 54.2 Å². The normalized spacial score (nSPS) is 14.4. The fraction of sp³-hybridized carbons (Fsp3) is 0.379. The fourth-order valence-electron chi connectivity index (χ4n) is 4.46. The van der Waals surface area contributed by atoms with Gasteiger partial charge in [-0.25, -0.2) is 9.97 Å². The van der Waals surface area contributed by atoms with Crippen LogP contribution in [0, 0.1) is 6.92 Å². The Morgan fingerprint density at radius 1 is 1.13 bits per heavy atom. The van der Waals surface area contributed by atoms with E-state index >= 15 is 0 Å². The van der Waals surface area contributed by atoms with Crippen molar-refractivity contribution >= 4 is 22.5 Å². The molecule has 4 aromatic rings. The van der Waals surface area contributed by atoms with Gasteiger partial charge in [-0.05, 0) is 89.0 Å². The minimum Gasteiger partial charge on any atom is -0.490 e. The van der Waals surface area contributed by atoms with Gasteiger partial charge in [0.25, 0.3) is 0 Å². The molecule has 5 rings (SSSR count). The molecule has 1 saturated heterocycles. The molecule has 1 aliphatic rings. The minimum absolute atomic E-state index is 0.102. The van der Waals surface area contributed by atoms with E-state index in [1.54, 1.807) is 6.20 Å². The standard InChI is InChI=1S/C29H34N6O3/c1-19-13-20(14-27(36)34-21-16-33-35(17-21)29(2,3)4)5-8-26(19)38-28-24-15-23(6-7-25(24)31-18-32-28)37-22-9-11-30-12-10-22/h5-8,13,15-18,22,30H,9-12,14H2,1-4H3,(H,34,36). The monoisotopic (exact) mass is 514 g/mol. The number of carbonyl (C=O) groups is 1. The Bertz CT molecular complexity index is 1440. The van der Waals surface area contributed by atoms with E-state index in [9.17, 15) is 4.79 Å². The lowest BCUT2D eigenvalue weighted by molar-refractivity contribution is -0.115. The van der Waals surface area contributed by atoms with E-state index < -0.39 is 0 Å². The summed E-state index contributed by atoms with van der Waals surface area (Å²) in [6, 6.07) is 11.6. The highest BCUT2D eigenvalue weighted by molar-refractivity contribution is 5.92. The molecule has 38 heavy (non-hydrogen) atoms. The zero-order valence-corrected chi connectivity index (χ0v) is 22.3. The van der Waals surface area contributed by atoms with Gasteiger partial charge in [0, 0.05) is 6.20 Å². The van der Waals surface area contributed by atoms with Crippen molar-refractivity contribution in [3.05, 3.63) is 66.2 Å². The number of hydrogen-bond acceptors (Lipinski definition) is 7. The van der Waals surface area contributed by atoms with Crippen LogP contribution in [-0.4, -0.2) is 44.8 Å². The van der Waals surface area contributed by atoms with E-state index in [-0.39, 0.29) is 24.0 Å². The summed E-state index contributed by atoms with van der Waals surface area (Å²) >= 11 is 0. The van der Waals surface area contributed by atoms with Crippen LogP contribution < -0.4 is 20.1 Å². The first kappa shape index (κ1) is 25.7. The molecule has 198 valence electrons. The number of hydrogen-bond donors (Lipinski definition) is 2. The third-order valence-corrected chi connectivity index (χ3v) is 6.52. The molecule has 0 unspecified atom stereocenters. The first-order chi connectivity index (χ1) is 18.2. The highest BCUT2D eigenvalue weighted by Crippen LogP contribution is 2.32. The summed E-state index contributed by atoms with van der Waals surface area (Å²) in [5.74, 6) is 1.82. The van der Waals surface area contributed by atoms with Crippen LogP contribution in [0.1, 0.15) is 44.7 Å². The second-order valence-corrected chi connectivity index (χ2v) is 10.7. The molecule has 9 heteroatoms. The summed E-state index contributed by atoms with van der Waals surface area (Å²) in [7, 11) is 0. The van der Waals surface area contributed by atoms with Gasteiger partial charge in [0.1, 0.15) is 23.9 Å². The average molecular weight is 515 g/mol. The molecule has 1 aliphatic heterocycles. The number of nitrogens with zero attached hydrogens (tertiary/aromatic N) is 4. The Hall–Kier alpha value is -3.98. The maximum Gasteiger partial charge on any atom is 0.230 e. The highest BCUT2D eigenvalue weighted by atomic mass is 16.5. The second kappa shape index (κ2) is 10.8. The number of ether oxygens (including phenoxy) is 2. The van der Waals surface area contributed by atoms with Crippen LogP contribution in [0.25, 0.3) is 10.9 Å². The molecule has 2 aromatic carbocycles. The van der Waals surface area contributed by atoms with E-state index in [1.165, 1.54) is 6.33 Å². The van der Waals surface area contributed by atoms with E-state index in [2.05, 4.69) is 46.5 Å². The number of carbonyl (C=O) groups excluding carboxylic acids is 1. The number of benzene rings is 2. The highest BCUT2D eigenvalue weighted by Gasteiger charge is 2.17. The second-order valence-electron chi connectivity index (χ2n) is 10.7. The Balaban J connectivity index is 1.27. The largest absolute Gasteiger partial charge is 0.490 e. The summed E-state index contributed by atoms with van der Waals surface area (Å²) in [6.45, 7) is 10.1. The number of anilines is 1. The molecule has 0 saturated carbocycles. The van der Waals surface area contributed by atoms with Crippen molar-refractivity contribution in [3.8, 4) is 17.4 Å². The van der Waals surface area contributed by atoms with Crippen molar-refractivity contribution in [3.63, 3.8) is 0 Å². The van der Waals surface area contributed by atoms with Crippen molar-refractivity contribution in [2.75, 3.05) is 18.4 Å². The lowest BCUT2D eigenvalue weighted by Crippen LogP contribution is -2.34. The molecular weight excluding hydrogens is 480 g/mol. The summed E-state index contributed by atoms with van der Waals surface area (Å²) in [4.78, 5) is 21.4. The number of aromatic nitrogens is 4. The Kier molecular flexibility index (Phi) is 7.28. The molecule has 2 aromatic heterocycles. The van der Waals surface area contributed by atoms with Crippen LogP contribution in [0.4, 0.5) is 5.69 Å². The van der Waals surface area contributed by atoms with E-state index in [4.69, 9.17) is 9.47 Å². The molecule has 0 aliphatic carbocycles. The van der Waals surface area contributed by atoms with Gasteiger partial charge in [-0.1, -0.05) is 12.1 Å². The predicted molar refractivity (Wildman–Crippen MR) is 147 cm³/mol. The lowest BCUT2D eigenvalue weighted by atomic mass is 10.1. The molecule has 3 heterocycles. The smallest absolute Gasteiger partial charge is 0.230 e. The molecule has 1 amide bonds. The SMILES string of the molecule is Cc1cc(CC(=O)Nc2cnn(C(C)(C)C)c2)ccc1Oc1ncnc2ccc(OC3CCNCC3)cc12. The van der Waals surface area contributed by atoms with Gasteiger partial charge in [0.05, 0.1) is 34.7 Å². The van der Waals surface area contributed by atoms with Gasteiger partial charge in [-0.2, -0.15) is 5.10 Å². The number of aryl methyl sites for hydroxylation is 1. The number of rotatable bonds is 7. The number of nitrogens with one attached hydrogen (secondary N) is 2. The Labute approximate surface area is 222 Å². The number of amides is 1. The van der Waals surface area contributed by atoms with Gasteiger partial charge in [-0.15, -0.1) is 0 Å². The minimum atomic E-state index is -0.146. The van der Waals surface area contributed by atoms with Crippen molar-refractivity contribution in [1.29, 1.82) is 0 Å². The predicted octanol–water partition coefficient (Wildman–Crippen LogP) is 4.99.